The van der Waals surface area contributed by atoms with E-state index in [1.165, 1.54) is 11.8 Å². The molecule has 0 radical (unpaired) electrons. The van der Waals surface area contributed by atoms with Gasteiger partial charge in [0.1, 0.15) is 11.4 Å². The van der Waals surface area contributed by atoms with Crippen LogP contribution < -0.4 is 0 Å². The highest BCUT2D eigenvalue weighted by Gasteiger charge is 2.17. The van der Waals surface area contributed by atoms with Crippen molar-refractivity contribution < 1.29 is 4.42 Å². The average Bonchev–Trinajstić information content (AvgIpc) is 3.26. The predicted octanol–water partition coefficient (Wildman–Crippen LogP) is 4.13. The maximum Gasteiger partial charge on any atom is 0.200 e. The van der Waals surface area contributed by atoms with Crippen molar-refractivity contribution in [3.63, 3.8) is 0 Å². The summed E-state index contributed by atoms with van der Waals surface area (Å²) in [4.78, 5) is 8.77. The van der Waals surface area contributed by atoms with E-state index in [1.807, 2.05) is 34.9 Å². The average molecular weight is 349 g/mol. The molecule has 0 saturated heterocycles. The Hall–Kier alpha value is -2.93. The van der Waals surface area contributed by atoms with Crippen LogP contribution in [0.15, 0.2) is 70.2 Å². The van der Waals surface area contributed by atoms with Crippen LogP contribution in [0.1, 0.15) is 5.56 Å². The molecule has 25 heavy (non-hydrogen) atoms. The molecule has 0 atom stereocenters. The first kappa shape index (κ1) is 15.6. The fraction of sp³-hybridized carbons (Fsp3) is 0.111. The monoisotopic (exact) mass is 349 g/mol. The van der Waals surface area contributed by atoms with Gasteiger partial charge in [-0.05, 0) is 43.0 Å². The maximum atomic E-state index is 5.46. The first-order valence-corrected chi connectivity index (χ1v) is 8.55. The maximum absolute atomic E-state index is 5.46. The second-order valence-corrected chi connectivity index (χ2v) is 6.44. The molecular weight excluding hydrogens is 334 g/mol. The molecule has 4 aromatic rings. The Labute approximate surface area is 148 Å². The summed E-state index contributed by atoms with van der Waals surface area (Å²) in [5.74, 6) is 1.34. The number of fused-ring (bicyclic) bond motifs is 1. The highest BCUT2D eigenvalue weighted by atomic mass is 32.2. The van der Waals surface area contributed by atoms with Gasteiger partial charge in [0.05, 0.1) is 11.8 Å². The van der Waals surface area contributed by atoms with Crippen molar-refractivity contribution in [3.05, 3.63) is 61.1 Å². The van der Waals surface area contributed by atoms with E-state index in [-0.39, 0.29) is 0 Å². The van der Waals surface area contributed by atoms with Gasteiger partial charge in [-0.3, -0.25) is 4.57 Å². The highest BCUT2D eigenvalue weighted by Crippen LogP contribution is 2.32. The second-order valence-electron chi connectivity index (χ2n) is 5.48. The SMILES string of the molecule is C=CCn1c(Sc2ncnc3ccc(C)cc23)nnc1-c1ccco1. The second kappa shape index (κ2) is 6.52. The molecule has 3 aromatic heterocycles. The van der Waals surface area contributed by atoms with Crippen LogP contribution in [0.2, 0.25) is 0 Å². The molecule has 0 N–H and O–H groups in total. The number of rotatable bonds is 5. The van der Waals surface area contributed by atoms with E-state index in [0.717, 1.165) is 26.6 Å². The summed E-state index contributed by atoms with van der Waals surface area (Å²) >= 11 is 1.46. The molecule has 0 amide bonds. The zero-order valence-electron chi connectivity index (χ0n) is 13.6. The number of benzene rings is 1. The summed E-state index contributed by atoms with van der Waals surface area (Å²) < 4.78 is 7.42. The standard InChI is InChI=1S/C18H15N5OS/c1-3-8-23-16(15-5-4-9-24-15)21-22-18(23)25-17-13-10-12(2)6-7-14(13)19-11-20-17/h3-7,9-11H,1,8H2,2H3. The van der Waals surface area contributed by atoms with Gasteiger partial charge in [0, 0.05) is 11.9 Å². The molecule has 4 rings (SSSR count). The van der Waals surface area contributed by atoms with Gasteiger partial charge in [-0.15, -0.1) is 16.8 Å². The number of aryl methyl sites for hydroxylation is 1. The van der Waals surface area contributed by atoms with Crippen molar-refractivity contribution in [2.24, 2.45) is 0 Å². The number of nitrogens with zero attached hydrogens (tertiary/aromatic N) is 5. The van der Waals surface area contributed by atoms with Crippen LogP contribution in [0.5, 0.6) is 0 Å². The molecular formula is C18H15N5OS. The minimum absolute atomic E-state index is 0.577. The Morgan fingerprint density at radius 2 is 2.16 bits per heavy atom. The third-order valence-electron chi connectivity index (χ3n) is 3.71. The van der Waals surface area contributed by atoms with Crippen molar-refractivity contribution in [2.75, 3.05) is 0 Å². The summed E-state index contributed by atoms with van der Waals surface area (Å²) in [6.07, 6.45) is 5.00. The zero-order valence-corrected chi connectivity index (χ0v) is 14.4. The van der Waals surface area contributed by atoms with E-state index in [0.29, 0.717) is 18.1 Å². The normalized spacial score (nSPS) is 11.1. The molecule has 0 fully saturated rings. The molecule has 124 valence electrons. The molecule has 0 unspecified atom stereocenters. The van der Waals surface area contributed by atoms with Gasteiger partial charge in [0.2, 0.25) is 5.82 Å². The number of furan rings is 1. The van der Waals surface area contributed by atoms with Gasteiger partial charge in [-0.25, -0.2) is 9.97 Å². The van der Waals surface area contributed by atoms with Gasteiger partial charge in [-0.1, -0.05) is 17.7 Å². The lowest BCUT2D eigenvalue weighted by Crippen LogP contribution is -2.00. The van der Waals surface area contributed by atoms with E-state index in [9.17, 15) is 0 Å². The van der Waals surface area contributed by atoms with Crippen LogP contribution in [0.3, 0.4) is 0 Å². The topological polar surface area (TPSA) is 69.6 Å². The molecule has 0 aliphatic heterocycles. The van der Waals surface area contributed by atoms with Crippen LogP contribution in [0.4, 0.5) is 0 Å². The molecule has 0 aliphatic rings. The smallest absolute Gasteiger partial charge is 0.200 e. The van der Waals surface area contributed by atoms with Crippen molar-refractivity contribution >= 4 is 22.7 Å². The summed E-state index contributed by atoms with van der Waals surface area (Å²) in [7, 11) is 0. The van der Waals surface area contributed by atoms with E-state index >= 15 is 0 Å². The summed E-state index contributed by atoms with van der Waals surface area (Å²) in [5, 5.41) is 11.2. The number of hydrogen-bond donors (Lipinski definition) is 0. The number of aromatic nitrogens is 5. The summed E-state index contributed by atoms with van der Waals surface area (Å²) in [6, 6.07) is 9.81. The van der Waals surface area contributed by atoms with E-state index < -0.39 is 0 Å². The van der Waals surface area contributed by atoms with Gasteiger partial charge in [-0.2, -0.15) is 0 Å². The predicted molar refractivity (Wildman–Crippen MR) is 96.3 cm³/mol. The van der Waals surface area contributed by atoms with Crippen LogP contribution >= 0.6 is 11.8 Å². The minimum atomic E-state index is 0.577. The van der Waals surface area contributed by atoms with Gasteiger partial charge in [0.25, 0.3) is 0 Å². The highest BCUT2D eigenvalue weighted by molar-refractivity contribution is 7.99. The number of allylic oxidation sites excluding steroid dienone is 1. The van der Waals surface area contributed by atoms with Crippen molar-refractivity contribution in [1.82, 2.24) is 24.7 Å². The summed E-state index contributed by atoms with van der Waals surface area (Å²) in [5.41, 5.74) is 2.07. The molecule has 0 saturated carbocycles. The third kappa shape index (κ3) is 2.94. The van der Waals surface area contributed by atoms with E-state index in [2.05, 4.69) is 39.7 Å². The largest absolute Gasteiger partial charge is 0.461 e. The fourth-order valence-corrected chi connectivity index (χ4v) is 3.46. The van der Waals surface area contributed by atoms with Crippen molar-refractivity contribution in [3.8, 4) is 11.6 Å². The van der Waals surface area contributed by atoms with Crippen LogP contribution in [-0.4, -0.2) is 24.7 Å². The quantitative estimate of drug-likeness (QED) is 0.399. The molecule has 0 spiro atoms. The first-order chi connectivity index (χ1) is 12.3. The molecule has 6 nitrogen and oxygen atoms in total. The Kier molecular flexibility index (Phi) is 4.07. The van der Waals surface area contributed by atoms with E-state index in [4.69, 9.17) is 4.42 Å². The van der Waals surface area contributed by atoms with Crippen LogP contribution in [0, 0.1) is 6.92 Å². The Balaban J connectivity index is 1.79. The Morgan fingerprint density at radius 3 is 2.96 bits per heavy atom. The lowest BCUT2D eigenvalue weighted by molar-refractivity contribution is 0.569. The molecule has 1 aromatic carbocycles. The lowest BCUT2D eigenvalue weighted by atomic mass is 10.2. The number of hydrogen-bond acceptors (Lipinski definition) is 6. The third-order valence-corrected chi connectivity index (χ3v) is 4.72. The molecule has 7 heteroatoms. The molecule has 3 heterocycles. The minimum Gasteiger partial charge on any atom is -0.461 e. The lowest BCUT2D eigenvalue weighted by Gasteiger charge is -2.07. The fourth-order valence-electron chi connectivity index (χ4n) is 2.56. The summed E-state index contributed by atoms with van der Waals surface area (Å²) in [6.45, 7) is 6.45. The zero-order chi connectivity index (χ0) is 17.2. The van der Waals surface area contributed by atoms with Gasteiger partial charge < -0.3 is 4.42 Å². The van der Waals surface area contributed by atoms with Crippen molar-refractivity contribution in [1.29, 1.82) is 0 Å². The molecule has 0 aliphatic carbocycles. The van der Waals surface area contributed by atoms with E-state index in [1.54, 1.807) is 12.6 Å². The van der Waals surface area contributed by atoms with Gasteiger partial charge >= 0.3 is 0 Å². The van der Waals surface area contributed by atoms with Gasteiger partial charge in [0.15, 0.2) is 10.9 Å². The van der Waals surface area contributed by atoms with Crippen LogP contribution in [0.25, 0.3) is 22.5 Å². The Morgan fingerprint density at radius 1 is 1.24 bits per heavy atom. The Bertz CT molecular complexity index is 1040. The van der Waals surface area contributed by atoms with Crippen LogP contribution in [-0.2, 0) is 6.54 Å². The molecule has 0 bridgehead atoms. The first-order valence-electron chi connectivity index (χ1n) is 7.73. The van der Waals surface area contributed by atoms with Crippen molar-refractivity contribution in [2.45, 2.75) is 23.7 Å².